The van der Waals surface area contributed by atoms with Gasteiger partial charge in [-0.15, -0.1) is 0 Å². The van der Waals surface area contributed by atoms with Crippen molar-refractivity contribution in [3.05, 3.63) is 231 Å². The van der Waals surface area contributed by atoms with Gasteiger partial charge in [0.05, 0.1) is 0 Å². The zero-order valence-corrected chi connectivity index (χ0v) is 30.8. The highest BCUT2D eigenvalue weighted by Crippen LogP contribution is 2.40. The summed E-state index contributed by atoms with van der Waals surface area (Å²) >= 11 is 0. The second kappa shape index (κ2) is 14.4. The van der Waals surface area contributed by atoms with Gasteiger partial charge in [-0.2, -0.15) is 0 Å². The van der Waals surface area contributed by atoms with Crippen molar-refractivity contribution < 1.29 is 0 Å². The molecule has 0 bridgehead atoms. The van der Waals surface area contributed by atoms with Crippen LogP contribution in [0.4, 0.5) is 34.1 Å². The van der Waals surface area contributed by atoms with Crippen molar-refractivity contribution in [2.24, 2.45) is 0 Å². The van der Waals surface area contributed by atoms with Crippen LogP contribution in [0.1, 0.15) is 0 Å². The van der Waals surface area contributed by atoms with Crippen molar-refractivity contribution in [2.45, 2.75) is 0 Å². The second-order valence-corrected chi connectivity index (χ2v) is 14.3. The molecule has 0 heterocycles. The molecule has 0 aromatic heterocycles. The maximum atomic E-state index is 2.36. The van der Waals surface area contributed by atoms with Crippen LogP contribution >= 0.6 is 0 Å². The highest BCUT2D eigenvalue weighted by Gasteiger charge is 2.16. The maximum absolute atomic E-state index is 2.36. The van der Waals surface area contributed by atoms with Gasteiger partial charge in [-0.25, -0.2) is 0 Å². The largest absolute Gasteiger partial charge is 0.310 e. The SMILES string of the molecule is c1ccc(-c2ccc(N(c3ccc(-c4ccc(N(c5ccc6ccccc6c5)c5ccc6ccccc6c5)cc4)cc3)c3ccc4ccccc4c3)cc2)cc1. The van der Waals surface area contributed by atoms with Gasteiger partial charge >= 0.3 is 0 Å². The first-order valence-corrected chi connectivity index (χ1v) is 19.2. The molecule has 10 aromatic carbocycles. The third-order valence-electron chi connectivity index (χ3n) is 10.8. The van der Waals surface area contributed by atoms with Crippen LogP contribution < -0.4 is 9.80 Å². The van der Waals surface area contributed by atoms with E-state index in [1.807, 2.05) is 0 Å². The van der Waals surface area contributed by atoms with E-state index < -0.39 is 0 Å². The molecule has 0 fully saturated rings. The Bertz CT molecular complexity index is 2870. The zero-order valence-electron chi connectivity index (χ0n) is 30.8. The van der Waals surface area contributed by atoms with Crippen LogP contribution in [0, 0.1) is 0 Å². The second-order valence-electron chi connectivity index (χ2n) is 14.3. The molecule has 2 nitrogen and oxygen atoms in total. The smallest absolute Gasteiger partial charge is 0.0468 e. The van der Waals surface area contributed by atoms with Crippen molar-refractivity contribution in [3.8, 4) is 22.3 Å². The summed E-state index contributed by atoms with van der Waals surface area (Å²) in [7, 11) is 0. The number of rotatable bonds is 8. The van der Waals surface area contributed by atoms with E-state index in [4.69, 9.17) is 0 Å². The molecule has 0 radical (unpaired) electrons. The average Bonchev–Trinajstić information content (AvgIpc) is 3.27. The van der Waals surface area contributed by atoms with E-state index in [0.29, 0.717) is 0 Å². The standard InChI is InChI=1S/C54H38N2/c1-2-10-39(11-3-1)43-18-27-49(28-19-43)55(52-33-24-40-12-4-7-15-46(40)36-52)50-29-20-44(21-30-50)45-22-31-51(32-23-45)56(53-34-25-41-13-5-8-16-47(41)37-53)54-35-26-42-14-6-9-17-48(42)38-54/h1-38H. The van der Waals surface area contributed by atoms with E-state index in [-0.39, 0.29) is 0 Å². The van der Waals surface area contributed by atoms with Gasteiger partial charge in [0.1, 0.15) is 0 Å². The van der Waals surface area contributed by atoms with Crippen molar-refractivity contribution in [2.75, 3.05) is 9.80 Å². The van der Waals surface area contributed by atoms with E-state index in [1.165, 1.54) is 54.6 Å². The number of hydrogen-bond acceptors (Lipinski definition) is 2. The van der Waals surface area contributed by atoms with Crippen LogP contribution in [0.3, 0.4) is 0 Å². The molecule has 0 amide bonds. The van der Waals surface area contributed by atoms with Crippen molar-refractivity contribution >= 4 is 66.4 Å². The van der Waals surface area contributed by atoms with Crippen molar-refractivity contribution in [3.63, 3.8) is 0 Å². The van der Waals surface area contributed by atoms with Crippen LogP contribution in [0.5, 0.6) is 0 Å². The summed E-state index contributed by atoms with van der Waals surface area (Å²) in [5.41, 5.74) is 11.4. The average molecular weight is 715 g/mol. The number of nitrogens with zero attached hydrogens (tertiary/aromatic N) is 2. The van der Waals surface area contributed by atoms with Crippen LogP contribution in [0.15, 0.2) is 231 Å². The Morgan fingerprint density at radius 3 is 0.768 bits per heavy atom. The van der Waals surface area contributed by atoms with E-state index in [9.17, 15) is 0 Å². The van der Waals surface area contributed by atoms with Gasteiger partial charge in [-0.3, -0.25) is 0 Å². The minimum atomic E-state index is 1.10. The zero-order chi connectivity index (χ0) is 37.3. The van der Waals surface area contributed by atoms with E-state index in [0.717, 1.165) is 34.1 Å². The predicted molar refractivity (Wildman–Crippen MR) is 239 cm³/mol. The van der Waals surface area contributed by atoms with E-state index in [1.54, 1.807) is 0 Å². The summed E-state index contributed by atoms with van der Waals surface area (Å²) in [6, 6.07) is 83.2. The number of anilines is 6. The van der Waals surface area contributed by atoms with Gasteiger partial charge in [0.2, 0.25) is 0 Å². The van der Waals surface area contributed by atoms with Gasteiger partial charge in [0, 0.05) is 34.1 Å². The van der Waals surface area contributed by atoms with Gasteiger partial charge in [-0.1, -0.05) is 158 Å². The molecule has 0 spiro atoms. The Hall–Kier alpha value is -7.42. The monoisotopic (exact) mass is 714 g/mol. The number of fused-ring (bicyclic) bond motifs is 3. The third-order valence-corrected chi connectivity index (χ3v) is 10.8. The predicted octanol–water partition coefficient (Wildman–Crippen LogP) is 15.4. The summed E-state index contributed by atoms with van der Waals surface area (Å²) in [4.78, 5) is 4.70. The molecule has 10 aromatic rings. The fourth-order valence-corrected chi connectivity index (χ4v) is 7.88. The normalized spacial score (nSPS) is 11.2. The third kappa shape index (κ3) is 6.44. The molecule has 0 atom stereocenters. The molecule has 0 unspecified atom stereocenters. The van der Waals surface area contributed by atoms with Crippen LogP contribution in [-0.2, 0) is 0 Å². The Labute approximate surface area is 327 Å². The first kappa shape index (κ1) is 33.2. The summed E-state index contributed by atoms with van der Waals surface area (Å²) in [5.74, 6) is 0. The molecule has 56 heavy (non-hydrogen) atoms. The molecule has 2 heteroatoms. The molecule has 0 N–H and O–H groups in total. The molecule has 0 aliphatic rings. The summed E-state index contributed by atoms with van der Waals surface area (Å²) in [6.07, 6.45) is 0. The quantitative estimate of drug-likeness (QED) is 0.155. The topological polar surface area (TPSA) is 6.48 Å². The van der Waals surface area contributed by atoms with Gasteiger partial charge in [0.15, 0.2) is 0 Å². The molecular weight excluding hydrogens is 677 g/mol. The summed E-state index contributed by atoms with van der Waals surface area (Å²) in [5, 5.41) is 7.35. The van der Waals surface area contributed by atoms with Crippen molar-refractivity contribution in [1.29, 1.82) is 0 Å². The Kier molecular flexibility index (Phi) is 8.55. The fraction of sp³-hybridized carbons (Fsp3) is 0. The lowest BCUT2D eigenvalue weighted by Crippen LogP contribution is -2.10. The molecule has 0 saturated heterocycles. The van der Waals surface area contributed by atoms with E-state index in [2.05, 4.69) is 240 Å². The van der Waals surface area contributed by atoms with Crippen LogP contribution in [0.25, 0.3) is 54.6 Å². The minimum Gasteiger partial charge on any atom is -0.310 e. The van der Waals surface area contributed by atoms with Gasteiger partial charge in [0.25, 0.3) is 0 Å². The molecule has 10 rings (SSSR count). The van der Waals surface area contributed by atoms with Gasteiger partial charge in [-0.05, 0) is 127 Å². The lowest BCUT2D eigenvalue weighted by Gasteiger charge is -2.27. The summed E-state index contributed by atoms with van der Waals surface area (Å²) in [6.45, 7) is 0. The molecule has 264 valence electrons. The maximum Gasteiger partial charge on any atom is 0.0468 e. The molecule has 0 saturated carbocycles. The van der Waals surface area contributed by atoms with Crippen LogP contribution in [-0.4, -0.2) is 0 Å². The summed E-state index contributed by atoms with van der Waals surface area (Å²) < 4.78 is 0. The highest BCUT2D eigenvalue weighted by atomic mass is 15.1. The Morgan fingerprint density at radius 2 is 0.429 bits per heavy atom. The first-order valence-electron chi connectivity index (χ1n) is 19.2. The Balaban J connectivity index is 0.999. The number of hydrogen-bond donors (Lipinski definition) is 0. The lowest BCUT2D eigenvalue weighted by molar-refractivity contribution is 1.29. The Morgan fingerprint density at radius 1 is 0.179 bits per heavy atom. The minimum absolute atomic E-state index is 1.10. The van der Waals surface area contributed by atoms with Crippen molar-refractivity contribution in [1.82, 2.24) is 0 Å². The lowest BCUT2D eigenvalue weighted by atomic mass is 10.0. The molecular formula is C54H38N2. The van der Waals surface area contributed by atoms with Crippen LogP contribution in [0.2, 0.25) is 0 Å². The van der Waals surface area contributed by atoms with Gasteiger partial charge < -0.3 is 9.80 Å². The first-order chi connectivity index (χ1) is 27.7. The fourth-order valence-electron chi connectivity index (χ4n) is 7.88. The highest BCUT2D eigenvalue weighted by molar-refractivity contribution is 5.93. The molecule has 0 aliphatic carbocycles. The van der Waals surface area contributed by atoms with E-state index >= 15 is 0 Å². The number of benzene rings is 10. The molecule has 0 aliphatic heterocycles.